The highest BCUT2D eigenvalue weighted by molar-refractivity contribution is 4.74. The van der Waals surface area contributed by atoms with Crippen LogP contribution in [-0.4, -0.2) is 105 Å². The quantitative estimate of drug-likeness (QED) is 0.600. The van der Waals surface area contributed by atoms with Crippen LogP contribution in [0.5, 0.6) is 0 Å². The Labute approximate surface area is 138 Å². The monoisotopic (exact) mass is 313 g/mol. The van der Waals surface area contributed by atoms with Gasteiger partial charge in [0.2, 0.25) is 0 Å². The fourth-order valence-electron chi connectivity index (χ4n) is 2.98. The minimum Gasteiger partial charge on any atom is -0.329 e. The molecule has 1 fully saturated rings. The van der Waals surface area contributed by atoms with E-state index in [1.165, 1.54) is 58.9 Å². The molecule has 0 saturated carbocycles. The summed E-state index contributed by atoms with van der Waals surface area (Å²) in [7, 11) is 2.21. The van der Waals surface area contributed by atoms with Gasteiger partial charge in [0.25, 0.3) is 0 Å². The molecule has 1 heterocycles. The lowest BCUT2D eigenvalue weighted by atomic mass is 10.2. The Bertz CT molecular complexity index is 264. The molecule has 1 aliphatic rings. The smallest absolute Gasteiger partial charge is 0.0110 e. The van der Waals surface area contributed by atoms with Crippen LogP contribution in [0.4, 0.5) is 0 Å². The Hall–Kier alpha value is -0.200. The molecule has 1 rings (SSSR count). The number of nitrogens with zero attached hydrogens (tertiary/aromatic N) is 4. The highest BCUT2D eigenvalue weighted by Gasteiger charge is 2.17. The van der Waals surface area contributed by atoms with E-state index in [1.54, 1.807) is 0 Å². The van der Waals surface area contributed by atoms with Crippen molar-refractivity contribution in [3.8, 4) is 0 Å². The van der Waals surface area contributed by atoms with Crippen LogP contribution < -0.4 is 5.73 Å². The Morgan fingerprint density at radius 2 is 1.55 bits per heavy atom. The average Bonchev–Trinajstić information content (AvgIpc) is 2.51. The van der Waals surface area contributed by atoms with E-state index in [0.29, 0.717) is 0 Å². The van der Waals surface area contributed by atoms with Crippen molar-refractivity contribution in [2.75, 3.05) is 85.6 Å². The molecule has 2 N–H and O–H groups in total. The summed E-state index contributed by atoms with van der Waals surface area (Å²) in [6, 6.07) is 0. The number of hydrogen-bond acceptors (Lipinski definition) is 5. The van der Waals surface area contributed by atoms with Gasteiger partial charge in [-0.15, -0.1) is 0 Å². The van der Waals surface area contributed by atoms with Crippen molar-refractivity contribution in [3.63, 3.8) is 0 Å². The van der Waals surface area contributed by atoms with E-state index in [0.717, 1.165) is 25.6 Å². The van der Waals surface area contributed by atoms with Gasteiger partial charge in [0, 0.05) is 72.0 Å². The lowest BCUT2D eigenvalue weighted by Gasteiger charge is -2.36. The summed E-state index contributed by atoms with van der Waals surface area (Å²) in [6.07, 6.45) is 0. The van der Waals surface area contributed by atoms with Gasteiger partial charge in [-0.3, -0.25) is 9.80 Å². The average molecular weight is 314 g/mol. The predicted molar refractivity (Wildman–Crippen MR) is 96.4 cm³/mol. The summed E-state index contributed by atoms with van der Waals surface area (Å²) < 4.78 is 0. The Morgan fingerprint density at radius 1 is 0.955 bits per heavy atom. The number of likely N-dealkylation sites (N-methyl/N-ethyl adjacent to an activating group) is 1. The molecule has 22 heavy (non-hydrogen) atoms. The second kappa shape index (κ2) is 11.4. The van der Waals surface area contributed by atoms with E-state index >= 15 is 0 Å². The van der Waals surface area contributed by atoms with Gasteiger partial charge >= 0.3 is 0 Å². The third kappa shape index (κ3) is 8.44. The maximum Gasteiger partial charge on any atom is 0.0110 e. The van der Waals surface area contributed by atoms with Crippen molar-refractivity contribution in [2.24, 2.45) is 11.7 Å². The minimum absolute atomic E-state index is 0.744. The summed E-state index contributed by atoms with van der Waals surface area (Å²) in [5, 5.41) is 0. The molecule has 0 aliphatic carbocycles. The molecule has 5 nitrogen and oxygen atoms in total. The molecule has 0 radical (unpaired) electrons. The van der Waals surface area contributed by atoms with Crippen molar-refractivity contribution in [1.29, 1.82) is 0 Å². The Morgan fingerprint density at radius 3 is 2.05 bits per heavy atom. The van der Waals surface area contributed by atoms with Gasteiger partial charge < -0.3 is 15.5 Å². The molecule has 5 heteroatoms. The molecule has 0 atom stereocenters. The van der Waals surface area contributed by atoms with E-state index in [1.807, 2.05) is 0 Å². The summed E-state index contributed by atoms with van der Waals surface area (Å²) in [5.41, 5.74) is 5.64. The number of hydrogen-bond donors (Lipinski definition) is 1. The van der Waals surface area contributed by atoms with Crippen LogP contribution in [-0.2, 0) is 0 Å². The molecular weight excluding hydrogens is 274 g/mol. The zero-order valence-corrected chi connectivity index (χ0v) is 15.4. The second-order valence-electron chi connectivity index (χ2n) is 7.06. The molecule has 0 aromatic heterocycles. The lowest BCUT2D eigenvalue weighted by molar-refractivity contribution is 0.115. The van der Waals surface area contributed by atoms with Gasteiger partial charge in [-0.25, -0.2) is 0 Å². The zero-order valence-electron chi connectivity index (χ0n) is 15.4. The molecule has 0 aromatic rings. The van der Waals surface area contributed by atoms with E-state index < -0.39 is 0 Å². The maximum atomic E-state index is 5.64. The first-order valence-electron chi connectivity index (χ1n) is 9.10. The summed E-state index contributed by atoms with van der Waals surface area (Å²) in [5.74, 6) is 0.744. The fraction of sp³-hybridized carbons (Fsp3) is 1.00. The van der Waals surface area contributed by atoms with Crippen LogP contribution >= 0.6 is 0 Å². The Balaban J connectivity index is 2.27. The van der Waals surface area contributed by atoms with Crippen molar-refractivity contribution < 1.29 is 0 Å². The molecule has 0 unspecified atom stereocenters. The van der Waals surface area contributed by atoms with Crippen LogP contribution in [0.3, 0.4) is 0 Å². The van der Waals surface area contributed by atoms with Crippen molar-refractivity contribution in [3.05, 3.63) is 0 Å². The van der Waals surface area contributed by atoms with Crippen molar-refractivity contribution in [1.82, 2.24) is 19.6 Å². The van der Waals surface area contributed by atoms with Crippen LogP contribution in [0.1, 0.15) is 20.8 Å². The van der Waals surface area contributed by atoms with E-state index in [4.69, 9.17) is 5.73 Å². The number of rotatable bonds is 11. The van der Waals surface area contributed by atoms with E-state index in [2.05, 4.69) is 47.4 Å². The molecule has 0 bridgehead atoms. The van der Waals surface area contributed by atoms with Crippen LogP contribution in [0.2, 0.25) is 0 Å². The van der Waals surface area contributed by atoms with E-state index in [-0.39, 0.29) is 0 Å². The van der Waals surface area contributed by atoms with Crippen LogP contribution in [0.15, 0.2) is 0 Å². The highest BCUT2D eigenvalue weighted by atomic mass is 15.3. The normalized spacial score (nSPS) is 18.0. The third-order valence-corrected chi connectivity index (χ3v) is 4.60. The van der Waals surface area contributed by atoms with Gasteiger partial charge in [0.15, 0.2) is 0 Å². The molecular formula is C17H39N5. The molecule has 0 aromatic carbocycles. The first-order chi connectivity index (χ1) is 10.5. The van der Waals surface area contributed by atoms with Gasteiger partial charge in [-0.2, -0.15) is 0 Å². The minimum atomic E-state index is 0.744. The molecule has 132 valence electrons. The standard InChI is InChI=1S/C17H39N5/c1-5-19(4)8-9-22(16-17(2)3)15-14-21-12-10-20(7-6-18)11-13-21/h17H,5-16,18H2,1-4H3. The fourth-order valence-corrected chi connectivity index (χ4v) is 2.98. The van der Waals surface area contributed by atoms with Gasteiger partial charge in [0.1, 0.15) is 0 Å². The molecule has 0 amide bonds. The van der Waals surface area contributed by atoms with Gasteiger partial charge in [-0.05, 0) is 19.5 Å². The predicted octanol–water partition coefficient (Wildman–Crippen LogP) is 0.472. The Kier molecular flexibility index (Phi) is 10.2. The number of piperazine rings is 1. The first kappa shape index (κ1) is 19.8. The van der Waals surface area contributed by atoms with E-state index in [9.17, 15) is 0 Å². The summed E-state index contributed by atoms with van der Waals surface area (Å²) in [6.45, 7) is 20.6. The first-order valence-corrected chi connectivity index (χ1v) is 9.10. The summed E-state index contributed by atoms with van der Waals surface area (Å²) in [4.78, 5) is 10.1. The highest BCUT2D eigenvalue weighted by Crippen LogP contribution is 2.03. The topological polar surface area (TPSA) is 39.0 Å². The van der Waals surface area contributed by atoms with Crippen molar-refractivity contribution in [2.45, 2.75) is 20.8 Å². The maximum absolute atomic E-state index is 5.64. The van der Waals surface area contributed by atoms with Gasteiger partial charge in [0.05, 0.1) is 0 Å². The van der Waals surface area contributed by atoms with Crippen LogP contribution in [0.25, 0.3) is 0 Å². The van der Waals surface area contributed by atoms with Crippen molar-refractivity contribution >= 4 is 0 Å². The lowest BCUT2D eigenvalue weighted by Crippen LogP contribution is -2.50. The molecule has 0 spiro atoms. The second-order valence-corrected chi connectivity index (χ2v) is 7.06. The number of nitrogens with two attached hydrogens (primary N) is 1. The molecule has 1 aliphatic heterocycles. The molecule has 1 saturated heterocycles. The largest absolute Gasteiger partial charge is 0.329 e. The van der Waals surface area contributed by atoms with Crippen LogP contribution in [0, 0.1) is 5.92 Å². The zero-order chi connectivity index (χ0) is 16.4. The third-order valence-electron chi connectivity index (χ3n) is 4.60. The van der Waals surface area contributed by atoms with Gasteiger partial charge in [-0.1, -0.05) is 20.8 Å². The SMILES string of the molecule is CCN(C)CCN(CCN1CCN(CCN)CC1)CC(C)C. The summed E-state index contributed by atoms with van der Waals surface area (Å²) >= 11 is 0.